The number of hydrogen-bond donors (Lipinski definition) is 0. The molecule has 1 saturated heterocycles. The van der Waals surface area contributed by atoms with Crippen molar-refractivity contribution in [2.45, 2.75) is 58.7 Å². The maximum Gasteiger partial charge on any atom is 0.231 e. The molecule has 3 rings (SSSR count). The van der Waals surface area contributed by atoms with Gasteiger partial charge in [0.25, 0.3) is 0 Å². The van der Waals surface area contributed by atoms with Crippen molar-refractivity contribution in [3.8, 4) is 11.5 Å². The van der Waals surface area contributed by atoms with Gasteiger partial charge in [-0.15, -0.1) is 0 Å². The largest absolute Gasteiger partial charge is 0.454 e. The minimum absolute atomic E-state index is 0.0431. The Labute approximate surface area is 173 Å². The number of sulfone groups is 1. The van der Waals surface area contributed by atoms with Crippen LogP contribution in [0.25, 0.3) is 0 Å². The van der Waals surface area contributed by atoms with E-state index >= 15 is 0 Å². The van der Waals surface area contributed by atoms with E-state index in [0.717, 1.165) is 12.1 Å². The lowest BCUT2D eigenvalue weighted by Gasteiger charge is -2.35. The summed E-state index contributed by atoms with van der Waals surface area (Å²) in [5.41, 5.74) is 0.842. The molecule has 0 aromatic heterocycles. The van der Waals surface area contributed by atoms with Crippen molar-refractivity contribution in [3.63, 3.8) is 0 Å². The zero-order valence-electron chi connectivity index (χ0n) is 17.8. The normalized spacial score (nSPS) is 20.0. The summed E-state index contributed by atoms with van der Waals surface area (Å²) >= 11 is 0. The first-order chi connectivity index (χ1) is 13.7. The average Bonchev–Trinajstić information content (AvgIpc) is 3.23. The standard InChI is InChI=1S/C21H32N2O5S/c1-15(2)22(16(3)4)8-9-23(18-7-10-29(25,26)13-18)21(24)12-17-5-6-19-20(11-17)28-14-27-19/h5-6,11,15-16,18H,7-10,12-14H2,1-4H3/t18-/m1/s1. The fourth-order valence-electron chi connectivity index (χ4n) is 4.20. The van der Waals surface area contributed by atoms with Crippen LogP contribution in [0.5, 0.6) is 11.5 Å². The lowest BCUT2D eigenvalue weighted by molar-refractivity contribution is -0.132. The highest BCUT2D eigenvalue weighted by molar-refractivity contribution is 7.91. The van der Waals surface area contributed by atoms with Gasteiger partial charge in [0.2, 0.25) is 12.7 Å². The van der Waals surface area contributed by atoms with Crippen LogP contribution in [0.1, 0.15) is 39.7 Å². The van der Waals surface area contributed by atoms with Gasteiger partial charge in [0.1, 0.15) is 0 Å². The lowest BCUT2D eigenvalue weighted by atomic mass is 10.1. The number of hydrogen-bond acceptors (Lipinski definition) is 6. The maximum atomic E-state index is 13.2. The molecule has 1 aromatic carbocycles. The molecule has 0 bridgehead atoms. The topological polar surface area (TPSA) is 76.2 Å². The first kappa shape index (κ1) is 21.9. The molecular weight excluding hydrogens is 392 g/mol. The zero-order valence-corrected chi connectivity index (χ0v) is 18.6. The molecule has 162 valence electrons. The molecule has 0 saturated carbocycles. The lowest BCUT2D eigenvalue weighted by Crippen LogP contribution is -2.48. The average molecular weight is 425 g/mol. The van der Waals surface area contributed by atoms with Crippen LogP contribution in [0, 0.1) is 0 Å². The van der Waals surface area contributed by atoms with Crippen LogP contribution in [-0.4, -0.2) is 73.6 Å². The summed E-state index contributed by atoms with van der Waals surface area (Å²) in [6.45, 7) is 9.99. The van der Waals surface area contributed by atoms with Gasteiger partial charge in [0.05, 0.1) is 17.9 Å². The fourth-order valence-corrected chi connectivity index (χ4v) is 5.93. The summed E-state index contributed by atoms with van der Waals surface area (Å²) in [4.78, 5) is 17.3. The predicted octanol–water partition coefficient (Wildman–Crippen LogP) is 2.09. The molecule has 2 aliphatic rings. The Morgan fingerprint density at radius 2 is 1.79 bits per heavy atom. The van der Waals surface area contributed by atoms with Crippen LogP contribution in [0.4, 0.5) is 0 Å². The Kier molecular flexibility index (Phi) is 6.73. The SMILES string of the molecule is CC(C)N(CCN(C(=O)Cc1ccc2c(c1)OCO2)[C@@H]1CCS(=O)(=O)C1)C(C)C. The molecule has 1 aromatic rings. The summed E-state index contributed by atoms with van der Waals surface area (Å²) in [5, 5.41) is 0. The number of rotatable bonds is 8. The van der Waals surface area contributed by atoms with Crippen LogP contribution in [0.3, 0.4) is 0 Å². The molecule has 2 heterocycles. The smallest absolute Gasteiger partial charge is 0.231 e. The van der Waals surface area contributed by atoms with E-state index in [1.165, 1.54) is 0 Å². The zero-order chi connectivity index (χ0) is 21.2. The summed E-state index contributed by atoms with van der Waals surface area (Å²) in [5.74, 6) is 1.51. The van der Waals surface area contributed by atoms with E-state index in [4.69, 9.17) is 9.47 Å². The monoisotopic (exact) mass is 424 g/mol. The molecule has 7 nitrogen and oxygen atoms in total. The van der Waals surface area contributed by atoms with E-state index in [1.807, 2.05) is 18.2 Å². The van der Waals surface area contributed by atoms with Crippen molar-refractivity contribution < 1.29 is 22.7 Å². The Balaban J connectivity index is 1.74. The van der Waals surface area contributed by atoms with Gasteiger partial charge in [-0.1, -0.05) is 6.07 Å². The first-order valence-electron chi connectivity index (χ1n) is 10.3. The summed E-state index contributed by atoms with van der Waals surface area (Å²) in [6, 6.07) is 5.97. The third-order valence-electron chi connectivity index (χ3n) is 5.69. The van der Waals surface area contributed by atoms with Gasteiger partial charge in [0.15, 0.2) is 21.3 Å². The number of carbonyl (C=O) groups is 1. The molecule has 1 amide bonds. The van der Waals surface area contributed by atoms with E-state index in [2.05, 4.69) is 32.6 Å². The van der Waals surface area contributed by atoms with Crippen LogP contribution in [-0.2, 0) is 21.1 Å². The first-order valence-corrected chi connectivity index (χ1v) is 12.1. The van der Waals surface area contributed by atoms with Gasteiger partial charge < -0.3 is 14.4 Å². The number of fused-ring (bicyclic) bond motifs is 1. The predicted molar refractivity (Wildman–Crippen MR) is 112 cm³/mol. The second-order valence-corrected chi connectivity index (χ2v) is 10.7. The highest BCUT2D eigenvalue weighted by Crippen LogP contribution is 2.32. The molecule has 0 spiro atoms. The molecule has 0 N–H and O–H groups in total. The van der Waals surface area contributed by atoms with Crippen LogP contribution in [0.15, 0.2) is 18.2 Å². The van der Waals surface area contributed by atoms with Gasteiger partial charge in [-0.3, -0.25) is 9.69 Å². The van der Waals surface area contributed by atoms with E-state index < -0.39 is 9.84 Å². The van der Waals surface area contributed by atoms with Crippen LogP contribution >= 0.6 is 0 Å². The molecule has 0 radical (unpaired) electrons. The van der Waals surface area contributed by atoms with Crippen LogP contribution < -0.4 is 9.47 Å². The number of ether oxygens (including phenoxy) is 2. The highest BCUT2D eigenvalue weighted by Gasteiger charge is 2.35. The van der Waals surface area contributed by atoms with E-state index in [-0.39, 0.29) is 36.7 Å². The van der Waals surface area contributed by atoms with Crippen molar-refractivity contribution in [2.24, 2.45) is 0 Å². The number of benzene rings is 1. The molecule has 0 aliphatic carbocycles. The Morgan fingerprint density at radius 3 is 2.41 bits per heavy atom. The molecule has 29 heavy (non-hydrogen) atoms. The van der Waals surface area contributed by atoms with Crippen molar-refractivity contribution >= 4 is 15.7 Å². The number of carbonyl (C=O) groups excluding carboxylic acids is 1. The Bertz CT molecular complexity index is 829. The highest BCUT2D eigenvalue weighted by atomic mass is 32.2. The molecule has 1 fully saturated rings. The van der Waals surface area contributed by atoms with Gasteiger partial charge in [0, 0.05) is 31.2 Å². The van der Waals surface area contributed by atoms with Crippen molar-refractivity contribution in [1.29, 1.82) is 0 Å². The van der Waals surface area contributed by atoms with Crippen molar-refractivity contribution in [3.05, 3.63) is 23.8 Å². The van der Waals surface area contributed by atoms with Crippen molar-refractivity contribution in [2.75, 3.05) is 31.4 Å². The van der Waals surface area contributed by atoms with Crippen molar-refractivity contribution in [1.82, 2.24) is 9.80 Å². The molecular formula is C21H32N2O5S. The number of nitrogens with zero attached hydrogens (tertiary/aromatic N) is 2. The fraction of sp³-hybridized carbons (Fsp3) is 0.667. The van der Waals surface area contributed by atoms with Gasteiger partial charge in [-0.2, -0.15) is 0 Å². The minimum atomic E-state index is -3.07. The Morgan fingerprint density at radius 1 is 1.10 bits per heavy atom. The van der Waals surface area contributed by atoms with Gasteiger partial charge in [-0.25, -0.2) is 8.42 Å². The second kappa shape index (κ2) is 8.92. The molecule has 1 atom stereocenters. The Hall–Kier alpha value is -1.80. The second-order valence-electron chi connectivity index (χ2n) is 8.43. The maximum absolute atomic E-state index is 13.2. The van der Waals surface area contributed by atoms with E-state index in [9.17, 15) is 13.2 Å². The van der Waals surface area contributed by atoms with Gasteiger partial charge in [-0.05, 0) is 51.8 Å². The third kappa shape index (κ3) is 5.42. The summed E-state index contributed by atoms with van der Waals surface area (Å²) < 4.78 is 34.8. The molecule has 8 heteroatoms. The summed E-state index contributed by atoms with van der Waals surface area (Å²) in [7, 11) is -3.07. The third-order valence-corrected chi connectivity index (χ3v) is 7.44. The number of amides is 1. The molecule has 0 unspecified atom stereocenters. The van der Waals surface area contributed by atoms with Gasteiger partial charge >= 0.3 is 0 Å². The van der Waals surface area contributed by atoms with Crippen LogP contribution in [0.2, 0.25) is 0 Å². The minimum Gasteiger partial charge on any atom is -0.454 e. The summed E-state index contributed by atoms with van der Waals surface area (Å²) in [6.07, 6.45) is 0.731. The van der Waals surface area contributed by atoms with E-state index in [1.54, 1.807) is 4.90 Å². The van der Waals surface area contributed by atoms with E-state index in [0.29, 0.717) is 36.5 Å². The molecule has 2 aliphatic heterocycles. The quantitative estimate of drug-likeness (QED) is 0.636.